The summed E-state index contributed by atoms with van der Waals surface area (Å²) in [7, 11) is 3.03. The number of nitrogens with one attached hydrogen (secondary N) is 1. The molecule has 0 bridgehead atoms. The van der Waals surface area contributed by atoms with Gasteiger partial charge in [0.15, 0.2) is 5.75 Å². The van der Waals surface area contributed by atoms with Crippen molar-refractivity contribution in [1.29, 1.82) is 0 Å². The number of rotatable bonds is 5. The summed E-state index contributed by atoms with van der Waals surface area (Å²) in [5.74, 6) is 0.587. The molecule has 2 aromatic carbocycles. The molecule has 0 spiro atoms. The summed E-state index contributed by atoms with van der Waals surface area (Å²) in [6, 6.07) is 10.7. The van der Waals surface area contributed by atoms with E-state index in [1.54, 1.807) is 17.7 Å². The molecule has 0 saturated heterocycles. The number of hydrogen-bond acceptors (Lipinski definition) is 6. The highest BCUT2D eigenvalue weighted by Gasteiger charge is 2.21. The second-order valence-electron chi connectivity index (χ2n) is 5.87. The minimum Gasteiger partial charge on any atom is -0.497 e. The molecule has 0 saturated carbocycles. The molecule has 0 atom stereocenters. The van der Waals surface area contributed by atoms with Crippen LogP contribution in [0.1, 0.15) is 10.4 Å². The predicted octanol–water partition coefficient (Wildman–Crippen LogP) is 5.03. The maximum atomic E-state index is 12.8. The molecule has 10 heteroatoms. The van der Waals surface area contributed by atoms with Gasteiger partial charge in [-0.05, 0) is 36.4 Å². The van der Waals surface area contributed by atoms with E-state index in [-0.39, 0.29) is 27.3 Å². The Morgan fingerprint density at radius 1 is 1.07 bits per heavy atom. The SMILES string of the molecule is COc1ccc(-c2csc3nc(NC(=O)c4c(Cl)ccc(Cl)c4OC)nn23)cc1. The van der Waals surface area contributed by atoms with E-state index >= 15 is 0 Å². The van der Waals surface area contributed by atoms with Gasteiger partial charge >= 0.3 is 0 Å². The second-order valence-corrected chi connectivity index (χ2v) is 7.52. The molecule has 7 nitrogen and oxygen atoms in total. The summed E-state index contributed by atoms with van der Waals surface area (Å²) >= 11 is 13.7. The highest BCUT2D eigenvalue weighted by atomic mass is 35.5. The van der Waals surface area contributed by atoms with Crippen LogP contribution in [0.2, 0.25) is 10.0 Å². The lowest BCUT2D eigenvalue weighted by molar-refractivity contribution is 0.102. The maximum Gasteiger partial charge on any atom is 0.263 e. The van der Waals surface area contributed by atoms with Crippen LogP contribution >= 0.6 is 34.5 Å². The zero-order valence-electron chi connectivity index (χ0n) is 15.3. The fraction of sp³-hybridized carbons (Fsp3) is 0.105. The van der Waals surface area contributed by atoms with Crippen molar-refractivity contribution < 1.29 is 14.3 Å². The molecule has 2 aromatic heterocycles. The van der Waals surface area contributed by atoms with Crippen molar-refractivity contribution in [2.75, 3.05) is 19.5 Å². The number of thiazole rings is 1. The van der Waals surface area contributed by atoms with Crippen molar-refractivity contribution in [3.8, 4) is 22.8 Å². The summed E-state index contributed by atoms with van der Waals surface area (Å²) in [6.07, 6.45) is 0. The van der Waals surface area contributed by atoms with Crippen molar-refractivity contribution >= 4 is 51.4 Å². The number of carbonyl (C=O) groups excluding carboxylic acids is 1. The van der Waals surface area contributed by atoms with Gasteiger partial charge in [0, 0.05) is 10.9 Å². The van der Waals surface area contributed by atoms with E-state index < -0.39 is 5.91 Å². The molecule has 0 fully saturated rings. The molecular weight excluding hydrogens is 435 g/mol. The van der Waals surface area contributed by atoms with E-state index in [1.807, 2.05) is 29.6 Å². The van der Waals surface area contributed by atoms with Crippen molar-refractivity contribution in [1.82, 2.24) is 14.6 Å². The summed E-state index contributed by atoms with van der Waals surface area (Å²) in [6.45, 7) is 0. The van der Waals surface area contributed by atoms with E-state index in [9.17, 15) is 4.79 Å². The molecule has 0 aliphatic carbocycles. The molecule has 148 valence electrons. The molecule has 4 aromatic rings. The number of carbonyl (C=O) groups is 1. The fourth-order valence-electron chi connectivity index (χ4n) is 2.80. The molecule has 1 amide bonds. The van der Waals surface area contributed by atoms with Gasteiger partial charge in [-0.25, -0.2) is 4.52 Å². The van der Waals surface area contributed by atoms with Crippen LogP contribution in [-0.4, -0.2) is 34.7 Å². The molecular formula is C19H14Cl2N4O3S. The average molecular weight is 449 g/mol. The summed E-state index contributed by atoms with van der Waals surface area (Å²) in [4.78, 5) is 17.8. The lowest BCUT2D eigenvalue weighted by Gasteiger charge is -2.10. The minimum atomic E-state index is -0.515. The van der Waals surface area contributed by atoms with Crippen LogP contribution in [0.15, 0.2) is 41.8 Å². The third-order valence-electron chi connectivity index (χ3n) is 4.18. The zero-order chi connectivity index (χ0) is 20.5. The Morgan fingerprint density at radius 3 is 2.48 bits per heavy atom. The smallest absolute Gasteiger partial charge is 0.263 e. The normalized spacial score (nSPS) is 10.9. The Morgan fingerprint density at radius 2 is 1.79 bits per heavy atom. The number of benzene rings is 2. The number of halogens is 2. The quantitative estimate of drug-likeness (QED) is 0.462. The summed E-state index contributed by atoms with van der Waals surface area (Å²) in [5.41, 5.74) is 1.91. The molecule has 0 radical (unpaired) electrons. The molecule has 0 unspecified atom stereocenters. The molecule has 29 heavy (non-hydrogen) atoms. The first-order valence-corrected chi connectivity index (χ1v) is 9.97. The standard InChI is InChI=1S/C19H14Cl2N4O3S/c1-27-11-5-3-10(4-6-11)14-9-29-19-23-18(24-25(14)19)22-17(26)15-12(20)7-8-13(21)16(15)28-2/h3-9H,1-2H3,(H,22,24,26). The van der Waals surface area contributed by atoms with Gasteiger partial charge in [-0.3, -0.25) is 10.1 Å². The molecule has 0 aliphatic rings. The first-order chi connectivity index (χ1) is 14.0. The van der Waals surface area contributed by atoms with E-state index in [4.69, 9.17) is 32.7 Å². The highest BCUT2D eigenvalue weighted by molar-refractivity contribution is 7.15. The van der Waals surface area contributed by atoms with Crippen LogP contribution in [0.25, 0.3) is 16.2 Å². The minimum absolute atomic E-state index is 0.121. The van der Waals surface area contributed by atoms with Crippen LogP contribution in [-0.2, 0) is 0 Å². The van der Waals surface area contributed by atoms with Crippen molar-refractivity contribution in [3.63, 3.8) is 0 Å². The van der Waals surface area contributed by atoms with Gasteiger partial charge < -0.3 is 9.47 Å². The van der Waals surface area contributed by atoms with E-state index in [2.05, 4.69) is 15.4 Å². The molecule has 0 aliphatic heterocycles. The third kappa shape index (κ3) is 3.62. The van der Waals surface area contributed by atoms with Gasteiger partial charge in [-0.2, -0.15) is 4.98 Å². The average Bonchev–Trinajstić information content (AvgIpc) is 3.29. The Kier molecular flexibility index (Phi) is 5.31. The number of methoxy groups -OCH3 is 2. The predicted molar refractivity (Wildman–Crippen MR) is 114 cm³/mol. The van der Waals surface area contributed by atoms with Gasteiger partial charge in [-0.1, -0.05) is 23.2 Å². The lowest BCUT2D eigenvalue weighted by atomic mass is 10.2. The monoisotopic (exact) mass is 448 g/mol. The van der Waals surface area contributed by atoms with Crippen LogP contribution in [0.3, 0.4) is 0 Å². The van der Waals surface area contributed by atoms with Crippen LogP contribution < -0.4 is 14.8 Å². The number of nitrogens with zero attached hydrogens (tertiary/aromatic N) is 3. The second kappa shape index (κ2) is 7.90. The number of anilines is 1. The van der Waals surface area contributed by atoms with Gasteiger partial charge in [0.1, 0.15) is 11.3 Å². The number of amides is 1. The van der Waals surface area contributed by atoms with Crippen molar-refractivity contribution in [2.45, 2.75) is 0 Å². The number of hydrogen-bond donors (Lipinski definition) is 1. The Bertz CT molecular complexity index is 1200. The highest BCUT2D eigenvalue weighted by Crippen LogP contribution is 2.34. The van der Waals surface area contributed by atoms with Crippen molar-refractivity contribution in [2.24, 2.45) is 0 Å². The largest absolute Gasteiger partial charge is 0.497 e. The van der Waals surface area contributed by atoms with E-state index in [0.29, 0.717) is 4.96 Å². The Labute approximate surface area is 179 Å². The van der Waals surface area contributed by atoms with E-state index in [0.717, 1.165) is 17.0 Å². The maximum absolute atomic E-state index is 12.8. The third-order valence-corrected chi connectivity index (χ3v) is 5.61. The summed E-state index contributed by atoms with van der Waals surface area (Å²) < 4.78 is 12.1. The van der Waals surface area contributed by atoms with Crippen molar-refractivity contribution in [3.05, 3.63) is 57.4 Å². The van der Waals surface area contributed by atoms with Gasteiger partial charge in [-0.15, -0.1) is 16.4 Å². The topological polar surface area (TPSA) is 77.8 Å². The summed E-state index contributed by atoms with van der Waals surface area (Å²) in [5, 5.41) is 9.49. The molecule has 4 rings (SSSR count). The first kappa shape index (κ1) is 19.5. The molecule has 2 heterocycles. The Balaban J connectivity index is 1.65. The lowest BCUT2D eigenvalue weighted by Crippen LogP contribution is -2.15. The van der Waals surface area contributed by atoms with E-state index in [1.165, 1.54) is 24.5 Å². The van der Waals surface area contributed by atoms with Crippen LogP contribution in [0, 0.1) is 0 Å². The Hall–Kier alpha value is -2.81. The van der Waals surface area contributed by atoms with Crippen LogP contribution in [0.5, 0.6) is 11.5 Å². The van der Waals surface area contributed by atoms with Gasteiger partial charge in [0.25, 0.3) is 11.9 Å². The van der Waals surface area contributed by atoms with Gasteiger partial charge in [0.2, 0.25) is 4.96 Å². The number of aromatic nitrogens is 3. The molecule has 1 N–H and O–H groups in total. The van der Waals surface area contributed by atoms with Crippen LogP contribution in [0.4, 0.5) is 5.95 Å². The zero-order valence-corrected chi connectivity index (χ0v) is 17.6. The number of fused-ring (bicyclic) bond motifs is 1. The first-order valence-electron chi connectivity index (χ1n) is 8.34. The number of ether oxygens (including phenoxy) is 2. The van der Waals surface area contributed by atoms with Gasteiger partial charge in [0.05, 0.1) is 30.0 Å². The fourth-order valence-corrected chi connectivity index (χ4v) is 4.10.